The minimum atomic E-state index is -3.31. The summed E-state index contributed by atoms with van der Waals surface area (Å²) in [5.74, 6) is 0. The van der Waals surface area contributed by atoms with Gasteiger partial charge in [0.15, 0.2) is 0 Å². The van der Waals surface area contributed by atoms with Gasteiger partial charge in [0, 0.05) is 26.2 Å². The molecule has 0 bridgehead atoms. The third kappa shape index (κ3) is 4.90. The van der Waals surface area contributed by atoms with Gasteiger partial charge in [-0.2, -0.15) is 12.7 Å². The fourth-order valence-electron chi connectivity index (χ4n) is 1.07. The summed E-state index contributed by atoms with van der Waals surface area (Å²) < 4.78 is 27.2. The van der Waals surface area contributed by atoms with Crippen LogP contribution in [0.25, 0.3) is 0 Å². The van der Waals surface area contributed by atoms with Crippen LogP contribution in [-0.4, -0.2) is 38.9 Å². The van der Waals surface area contributed by atoms with Crippen molar-refractivity contribution in [2.45, 2.75) is 26.7 Å². The fraction of sp³-hybridized carbons (Fsp3) is 1.00. The van der Waals surface area contributed by atoms with E-state index < -0.39 is 10.2 Å². The maximum Gasteiger partial charge on any atom is 0.279 e. The third-order valence-corrected chi connectivity index (χ3v) is 3.34. The molecule has 0 spiro atoms. The Hall–Kier alpha value is -0.170. The smallest absolute Gasteiger partial charge is 0.279 e. The van der Waals surface area contributed by atoms with Crippen LogP contribution in [0.3, 0.4) is 0 Å². The van der Waals surface area contributed by atoms with E-state index in [4.69, 9.17) is 5.73 Å². The molecule has 14 heavy (non-hydrogen) atoms. The predicted octanol–water partition coefficient (Wildman–Crippen LogP) is -0.0985. The van der Waals surface area contributed by atoms with Gasteiger partial charge >= 0.3 is 0 Å². The van der Waals surface area contributed by atoms with Gasteiger partial charge in [-0.1, -0.05) is 13.8 Å². The highest BCUT2D eigenvalue weighted by Gasteiger charge is 2.18. The van der Waals surface area contributed by atoms with Crippen LogP contribution in [0.1, 0.15) is 26.7 Å². The third-order valence-electron chi connectivity index (χ3n) is 1.73. The Labute approximate surface area is 86.8 Å². The predicted molar refractivity (Wildman–Crippen MR) is 58.1 cm³/mol. The molecule has 0 rings (SSSR count). The molecule has 0 radical (unpaired) electrons. The summed E-state index contributed by atoms with van der Waals surface area (Å²) in [6.07, 6.45) is 1.59. The largest absolute Gasteiger partial charge is 0.329 e. The minimum absolute atomic E-state index is 0.354. The lowest BCUT2D eigenvalue weighted by Gasteiger charge is -2.20. The van der Waals surface area contributed by atoms with Crippen molar-refractivity contribution in [3.05, 3.63) is 0 Å². The van der Waals surface area contributed by atoms with Crippen LogP contribution >= 0.6 is 0 Å². The van der Waals surface area contributed by atoms with Gasteiger partial charge in [-0.25, -0.2) is 4.72 Å². The number of hydrogen-bond acceptors (Lipinski definition) is 3. The molecular formula is C8H21N3O2S. The van der Waals surface area contributed by atoms with Gasteiger partial charge < -0.3 is 5.73 Å². The van der Waals surface area contributed by atoms with Gasteiger partial charge in [-0.05, 0) is 12.8 Å². The molecule has 0 aromatic heterocycles. The Morgan fingerprint density at radius 3 is 2.29 bits per heavy atom. The summed E-state index contributed by atoms with van der Waals surface area (Å²) in [6, 6.07) is 0. The topological polar surface area (TPSA) is 75.4 Å². The maximum atomic E-state index is 11.6. The Morgan fingerprint density at radius 1 is 1.21 bits per heavy atom. The summed E-state index contributed by atoms with van der Waals surface area (Å²) in [7, 11) is -3.31. The van der Waals surface area contributed by atoms with Gasteiger partial charge in [-0.3, -0.25) is 0 Å². The van der Waals surface area contributed by atoms with Gasteiger partial charge in [0.2, 0.25) is 0 Å². The molecule has 0 aliphatic carbocycles. The van der Waals surface area contributed by atoms with Crippen molar-refractivity contribution >= 4 is 10.2 Å². The molecule has 0 saturated heterocycles. The summed E-state index contributed by atoms with van der Waals surface area (Å²) >= 11 is 0. The van der Waals surface area contributed by atoms with E-state index in [2.05, 4.69) is 4.72 Å². The Kier molecular flexibility index (Phi) is 7.08. The van der Waals surface area contributed by atoms with E-state index in [0.29, 0.717) is 26.2 Å². The van der Waals surface area contributed by atoms with Gasteiger partial charge in [0.25, 0.3) is 10.2 Å². The van der Waals surface area contributed by atoms with Crippen LogP contribution in [-0.2, 0) is 10.2 Å². The second-order valence-electron chi connectivity index (χ2n) is 3.09. The maximum absolute atomic E-state index is 11.6. The van der Waals surface area contributed by atoms with Gasteiger partial charge in [0.05, 0.1) is 0 Å². The molecule has 3 N–H and O–H groups in total. The summed E-state index contributed by atoms with van der Waals surface area (Å²) in [6.45, 7) is 5.61. The summed E-state index contributed by atoms with van der Waals surface area (Å²) in [4.78, 5) is 0. The molecule has 5 nitrogen and oxygen atoms in total. The standard InChI is InChI=1S/C8H21N3O2S/c1-3-6-10-14(12,13)11(7-4-2)8-5-9/h10H,3-9H2,1-2H3. The monoisotopic (exact) mass is 223 g/mol. The average Bonchev–Trinajstić information content (AvgIpc) is 2.14. The SMILES string of the molecule is CCCNS(=O)(=O)N(CCC)CCN. The molecule has 0 unspecified atom stereocenters. The van der Waals surface area contributed by atoms with E-state index in [1.807, 2.05) is 13.8 Å². The minimum Gasteiger partial charge on any atom is -0.329 e. The van der Waals surface area contributed by atoms with E-state index >= 15 is 0 Å². The number of rotatable bonds is 8. The molecule has 0 atom stereocenters. The number of nitrogens with two attached hydrogens (primary N) is 1. The zero-order valence-corrected chi connectivity index (χ0v) is 9.81. The number of nitrogens with one attached hydrogen (secondary N) is 1. The second-order valence-corrected chi connectivity index (χ2v) is 4.84. The van der Waals surface area contributed by atoms with Crippen molar-refractivity contribution in [2.75, 3.05) is 26.2 Å². The van der Waals surface area contributed by atoms with Crippen LogP contribution in [0, 0.1) is 0 Å². The van der Waals surface area contributed by atoms with E-state index in [1.165, 1.54) is 4.31 Å². The fourth-order valence-corrected chi connectivity index (χ4v) is 2.48. The van der Waals surface area contributed by atoms with Crippen molar-refractivity contribution in [1.82, 2.24) is 9.03 Å². The van der Waals surface area contributed by atoms with Crippen molar-refractivity contribution in [1.29, 1.82) is 0 Å². The average molecular weight is 223 g/mol. The lowest BCUT2D eigenvalue weighted by atomic mass is 10.5. The van der Waals surface area contributed by atoms with Crippen LogP contribution in [0.15, 0.2) is 0 Å². The molecule has 0 heterocycles. The van der Waals surface area contributed by atoms with E-state index in [9.17, 15) is 8.42 Å². The zero-order chi connectivity index (χ0) is 11.0. The van der Waals surface area contributed by atoms with Crippen molar-refractivity contribution in [3.8, 4) is 0 Å². The lowest BCUT2D eigenvalue weighted by molar-refractivity contribution is 0.409. The molecule has 86 valence electrons. The van der Waals surface area contributed by atoms with Crippen LogP contribution < -0.4 is 10.5 Å². The first-order valence-electron chi connectivity index (χ1n) is 5.03. The molecule has 0 aliphatic heterocycles. The Morgan fingerprint density at radius 2 is 1.86 bits per heavy atom. The van der Waals surface area contributed by atoms with E-state index in [-0.39, 0.29) is 0 Å². The van der Waals surface area contributed by atoms with Crippen molar-refractivity contribution in [2.24, 2.45) is 5.73 Å². The Bertz CT molecular complexity index is 223. The molecule has 0 amide bonds. The molecular weight excluding hydrogens is 202 g/mol. The van der Waals surface area contributed by atoms with E-state index in [1.54, 1.807) is 0 Å². The molecule has 6 heteroatoms. The van der Waals surface area contributed by atoms with Crippen molar-refractivity contribution < 1.29 is 8.42 Å². The second kappa shape index (κ2) is 7.17. The quantitative estimate of drug-likeness (QED) is 0.603. The van der Waals surface area contributed by atoms with Crippen LogP contribution in [0.2, 0.25) is 0 Å². The first-order valence-corrected chi connectivity index (χ1v) is 6.47. The molecule has 0 aliphatic rings. The molecule has 0 aromatic carbocycles. The van der Waals surface area contributed by atoms with Crippen LogP contribution in [0.5, 0.6) is 0 Å². The molecule has 0 fully saturated rings. The number of nitrogens with zero attached hydrogens (tertiary/aromatic N) is 1. The highest BCUT2D eigenvalue weighted by atomic mass is 32.2. The highest BCUT2D eigenvalue weighted by molar-refractivity contribution is 7.87. The first-order chi connectivity index (χ1) is 6.58. The van der Waals surface area contributed by atoms with Gasteiger partial charge in [0.1, 0.15) is 0 Å². The van der Waals surface area contributed by atoms with E-state index in [0.717, 1.165) is 12.8 Å². The van der Waals surface area contributed by atoms with Crippen LogP contribution in [0.4, 0.5) is 0 Å². The highest BCUT2D eigenvalue weighted by Crippen LogP contribution is 1.98. The lowest BCUT2D eigenvalue weighted by Crippen LogP contribution is -2.43. The summed E-state index contributed by atoms with van der Waals surface area (Å²) in [5.41, 5.74) is 5.35. The Balaban J connectivity index is 4.29. The number of hydrogen-bond donors (Lipinski definition) is 2. The van der Waals surface area contributed by atoms with Crippen molar-refractivity contribution in [3.63, 3.8) is 0 Å². The molecule has 0 saturated carbocycles. The summed E-state index contributed by atoms with van der Waals surface area (Å²) in [5, 5.41) is 0. The first kappa shape index (κ1) is 13.8. The van der Waals surface area contributed by atoms with Gasteiger partial charge in [-0.15, -0.1) is 0 Å². The zero-order valence-electron chi connectivity index (χ0n) is 8.99. The molecule has 0 aromatic rings. The normalized spacial score (nSPS) is 12.3.